The maximum atomic E-state index is 5.84. The van der Waals surface area contributed by atoms with Crippen molar-refractivity contribution in [3.05, 3.63) is 0 Å². The smallest absolute Gasteiger partial charge is 0.0546 e. The van der Waals surface area contributed by atoms with Gasteiger partial charge in [0, 0.05) is 31.2 Å². The Kier molecular flexibility index (Phi) is 6.31. The highest BCUT2D eigenvalue weighted by Gasteiger charge is 2.38. The number of nitrogens with one attached hydrogen (secondary N) is 1. The zero-order valence-corrected chi connectivity index (χ0v) is 13.8. The second-order valence-corrected chi connectivity index (χ2v) is 7.32. The normalized spacial score (nSPS) is 27.4. The number of hydrogen-bond donors (Lipinski definition) is 1. The molecule has 0 radical (unpaired) electrons. The fraction of sp³-hybridized carbons (Fsp3) is 1.00. The number of hydrogen-bond acceptors (Lipinski definition) is 3. The Bertz CT molecular complexity index is 270. The van der Waals surface area contributed by atoms with Gasteiger partial charge in [0.15, 0.2) is 0 Å². The average Bonchev–Trinajstić information content (AvgIpc) is 3.27. The van der Waals surface area contributed by atoms with E-state index in [4.69, 9.17) is 4.74 Å². The van der Waals surface area contributed by atoms with Crippen molar-refractivity contribution in [2.75, 3.05) is 39.4 Å². The van der Waals surface area contributed by atoms with Gasteiger partial charge in [-0.3, -0.25) is 4.90 Å². The molecule has 3 nitrogen and oxygen atoms in total. The maximum Gasteiger partial charge on any atom is 0.0546 e. The minimum Gasteiger partial charge on any atom is -0.381 e. The standard InChI is InChI=1S/C17H34N2O/c1-4-18-12-17(9-5-11-20-14-17)13-19(16-6-7-16)10-8-15(2)3/h15-16,18H,4-14H2,1-3H3. The zero-order valence-electron chi connectivity index (χ0n) is 13.8. The predicted molar refractivity (Wildman–Crippen MR) is 85.1 cm³/mol. The molecular formula is C17H34N2O. The van der Waals surface area contributed by atoms with E-state index in [1.807, 2.05) is 0 Å². The van der Waals surface area contributed by atoms with Crippen LogP contribution in [-0.4, -0.2) is 50.3 Å². The van der Waals surface area contributed by atoms with Gasteiger partial charge in [-0.1, -0.05) is 20.8 Å². The molecule has 1 saturated carbocycles. The van der Waals surface area contributed by atoms with Crippen LogP contribution in [0, 0.1) is 11.3 Å². The Labute approximate surface area is 125 Å². The van der Waals surface area contributed by atoms with Gasteiger partial charge in [-0.05, 0) is 51.1 Å². The van der Waals surface area contributed by atoms with Crippen LogP contribution < -0.4 is 5.32 Å². The Morgan fingerprint density at radius 1 is 1.35 bits per heavy atom. The van der Waals surface area contributed by atoms with E-state index >= 15 is 0 Å². The molecule has 0 spiro atoms. The highest BCUT2D eigenvalue weighted by atomic mass is 16.5. The van der Waals surface area contributed by atoms with Gasteiger partial charge in [-0.2, -0.15) is 0 Å². The Balaban J connectivity index is 1.92. The van der Waals surface area contributed by atoms with Crippen LogP contribution in [0.4, 0.5) is 0 Å². The van der Waals surface area contributed by atoms with Gasteiger partial charge in [0.25, 0.3) is 0 Å². The molecule has 1 atom stereocenters. The quantitative estimate of drug-likeness (QED) is 0.704. The Morgan fingerprint density at radius 2 is 2.15 bits per heavy atom. The highest BCUT2D eigenvalue weighted by molar-refractivity contribution is 4.92. The van der Waals surface area contributed by atoms with E-state index in [0.717, 1.165) is 38.3 Å². The molecule has 1 heterocycles. The molecule has 2 rings (SSSR count). The van der Waals surface area contributed by atoms with Crippen molar-refractivity contribution in [2.24, 2.45) is 11.3 Å². The van der Waals surface area contributed by atoms with E-state index in [1.165, 1.54) is 45.2 Å². The average molecular weight is 282 g/mol. The summed E-state index contributed by atoms with van der Waals surface area (Å²) in [6.45, 7) is 13.5. The molecule has 0 amide bonds. The highest BCUT2D eigenvalue weighted by Crippen LogP contribution is 2.34. The Hall–Kier alpha value is -0.120. The van der Waals surface area contributed by atoms with Crippen LogP contribution in [0.1, 0.15) is 52.9 Å². The van der Waals surface area contributed by atoms with Crippen molar-refractivity contribution in [1.29, 1.82) is 0 Å². The maximum absolute atomic E-state index is 5.84. The van der Waals surface area contributed by atoms with Gasteiger partial charge < -0.3 is 10.1 Å². The number of nitrogens with zero attached hydrogens (tertiary/aromatic N) is 1. The van der Waals surface area contributed by atoms with Gasteiger partial charge in [-0.15, -0.1) is 0 Å². The topological polar surface area (TPSA) is 24.5 Å². The molecule has 20 heavy (non-hydrogen) atoms. The first-order chi connectivity index (χ1) is 9.65. The molecule has 0 aromatic carbocycles. The fourth-order valence-corrected chi connectivity index (χ4v) is 3.31. The summed E-state index contributed by atoms with van der Waals surface area (Å²) in [4.78, 5) is 2.77. The summed E-state index contributed by atoms with van der Waals surface area (Å²) in [7, 11) is 0. The van der Waals surface area contributed by atoms with Gasteiger partial charge in [0.05, 0.1) is 6.61 Å². The summed E-state index contributed by atoms with van der Waals surface area (Å²) in [5, 5.41) is 3.58. The van der Waals surface area contributed by atoms with E-state index in [-0.39, 0.29) is 0 Å². The largest absolute Gasteiger partial charge is 0.381 e. The second-order valence-electron chi connectivity index (χ2n) is 7.32. The molecule has 1 aliphatic carbocycles. The summed E-state index contributed by atoms with van der Waals surface area (Å²) >= 11 is 0. The monoisotopic (exact) mass is 282 g/mol. The first kappa shape index (κ1) is 16.3. The van der Waals surface area contributed by atoms with Gasteiger partial charge in [0.1, 0.15) is 0 Å². The molecule has 2 fully saturated rings. The first-order valence-corrected chi connectivity index (χ1v) is 8.68. The summed E-state index contributed by atoms with van der Waals surface area (Å²) in [6.07, 6.45) is 6.71. The summed E-state index contributed by atoms with van der Waals surface area (Å²) in [5.41, 5.74) is 0.355. The van der Waals surface area contributed by atoms with E-state index in [2.05, 4.69) is 31.0 Å². The van der Waals surface area contributed by atoms with E-state index in [1.54, 1.807) is 0 Å². The fourth-order valence-electron chi connectivity index (χ4n) is 3.31. The van der Waals surface area contributed by atoms with Gasteiger partial charge >= 0.3 is 0 Å². The van der Waals surface area contributed by atoms with Gasteiger partial charge in [0.2, 0.25) is 0 Å². The number of rotatable bonds is 9. The Morgan fingerprint density at radius 3 is 2.70 bits per heavy atom. The lowest BCUT2D eigenvalue weighted by molar-refractivity contribution is -0.0279. The lowest BCUT2D eigenvalue weighted by atomic mass is 9.81. The SMILES string of the molecule is CCNCC1(CN(CCC(C)C)C2CC2)CCCOC1. The van der Waals surface area contributed by atoms with Crippen LogP contribution in [0.15, 0.2) is 0 Å². The molecule has 0 aromatic heterocycles. The molecule has 0 bridgehead atoms. The van der Waals surface area contributed by atoms with Crippen molar-refractivity contribution < 1.29 is 4.74 Å². The zero-order chi connectivity index (χ0) is 14.4. The lowest BCUT2D eigenvalue weighted by Crippen LogP contribution is -2.49. The molecule has 1 unspecified atom stereocenters. The molecule has 1 N–H and O–H groups in total. The number of ether oxygens (including phenoxy) is 1. The summed E-state index contributed by atoms with van der Waals surface area (Å²) < 4.78 is 5.84. The third-order valence-electron chi connectivity index (χ3n) is 4.75. The van der Waals surface area contributed by atoms with Crippen molar-refractivity contribution >= 4 is 0 Å². The van der Waals surface area contributed by atoms with Crippen molar-refractivity contribution in [1.82, 2.24) is 10.2 Å². The van der Waals surface area contributed by atoms with Crippen LogP contribution in [0.3, 0.4) is 0 Å². The molecule has 118 valence electrons. The van der Waals surface area contributed by atoms with Crippen molar-refractivity contribution in [3.63, 3.8) is 0 Å². The minimum atomic E-state index is 0.355. The van der Waals surface area contributed by atoms with Crippen LogP contribution >= 0.6 is 0 Å². The minimum absolute atomic E-state index is 0.355. The van der Waals surface area contributed by atoms with Crippen LogP contribution in [0.2, 0.25) is 0 Å². The van der Waals surface area contributed by atoms with Crippen LogP contribution in [-0.2, 0) is 4.74 Å². The predicted octanol–water partition coefficient (Wildman–Crippen LogP) is 2.90. The molecular weight excluding hydrogens is 248 g/mol. The van der Waals surface area contributed by atoms with Crippen LogP contribution in [0.5, 0.6) is 0 Å². The molecule has 3 heteroatoms. The molecule has 2 aliphatic rings. The molecule has 1 saturated heterocycles. The second kappa shape index (κ2) is 7.77. The van der Waals surface area contributed by atoms with Crippen LogP contribution in [0.25, 0.3) is 0 Å². The van der Waals surface area contributed by atoms with E-state index < -0.39 is 0 Å². The lowest BCUT2D eigenvalue weighted by Gasteiger charge is -2.41. The van der Waals surface area contributed by atoms with Crippen molar-refractivity contribution in [3.8, 4) is 0 Å². The summed E-state index contributed by atoms with van der Waals surface area (Å²) in [5.74, 6) is 0.809. The third kappa shape index (κ3) is 5.01. The van der Waals surface area contributed by atoms with E-state index in [0.29, 0.717) is 5.41 Å². The third-order valence-corrected chi connectivity index (χ3v) is 4.75. The first-order valence-electron chi connectivity index (χ1n) is 8.68. The van der Waals surface area contributed by atoms with Crippen molar-refractivity contribution in [2.45, 2.75) is 58.9 Å². The van der Waals surface area contributed by atoms with Gasteiger partial charge in [-0.25, -0.2) is 0 Å². The summed E-state index contributed by atoms with van der Waals surface area (Å²) in [6, 6.07) is 0.870. The molecule has 0 aromatic rings. The molecule has 1 aliphatic heterocycles. The van der Waals surface area contributed by atoms with E-state index in [9.17, 15) is 0 Å².